The van der Waals surface area contributed by atoms with E-state index in [0.717, 1.165) is 41.8 Å². The average Bonchev–Trinajstić information content (AvgIpc) is 4.05. The number of aromatic hydroxyl groups is 1. The Labute approximate surface area is 475 Å². The molecule has 1 saturated heterocycles. The highest BCUT2D eigenvalue weighted by Gasteiger charge is 2.30. The van der Waals surface area contributed by atoms with Gasteiger partial charge in [0.05, 0.1) is 66.4 Å². The molecule has 1 fully saturated rings. The van der Waals surface area contributed by atoms with Crippen LogP contribution in [0.15, 0.2) is 54.6 Å². The molecule has 2 aromatic heterocycles. The van der Waals surface area contributed by atoms with Gasteiger partial charge in [0.25, 0.3) is 17.8 Å². The molecule has 2 atom stereocenters. The number of nitrogens with two attached hydrogens (primary N) is 2. The van der Waals surface area contributed by atoms with Gasteiger partial charge in [0.15, 0.2) is 17.0 Å². The zero-order chi connectivity index (χ0) is 59.0. The standard InChI is InChI=1S/C55H77N13O14/c1-5-6-26-81-53-63-48(56)47-49(64-53)68(54(75)62-47)34-39-12-9-37(33-42(39)77-4)17-20-65-21-23-66(24-22-65)55(76)82-35-38-10-13-40(14-11-38)59-50(72)41(8-7-19-58-52(57)74)60-51(73)46(36(2)3)61-43(69)18-27-78-29-31-80-32-30-79-28-25-67-44(70)15-16-45(67)71/h9-16,33,36,41,46H,5-8,17-32,34-35H2,1-4H3,(H,59,72)(H,60,73)(H,61,69)(H,62,75)(H2,56,63,64)(H3,57,58,74)/t41-,46-/m0/s1. The van der Waals surface area contributed by atoms with Crippen molar-refractivity contribution in [3.8, 4) is 17.8 Å². The van der Waals surface area contributed by atoms with E-state index in [0.29, 0.717) is 61.9 Å². The van der Waals surface area contributed by atoms with Gasteiger partial charge < -0.3 is 71.2 Å². The zero-order valence-corrected chi connectivity index (χ0v) is 47.0. The lowest BCUT2D eigenvalue weighted by Crippen LogP contribution is -2.54. The summed E-state index contributed by atoms with van der Waals surface area (Å²) < 4.78 is 35.0. The number of carbonyl (C=O) groups is 7. The number of methoxy groups -OCH3 is 1. The lowest BCUT2D eigenvalue weighted by molar-refractivity contribution is -0.137. The Hall–Kier alpha value is -8.14. The molecule has 0 unspecified atom stereocenters. The monoisotopic (exact) mass is 1140 g/mol. The lowest BCUT2D eigenvalue weighted by atomic mass is 10.0. The topological polar surface area (TPSA) is 349 Å². The molecule has 0 spiro atoms. The number of hydrogen-bond donors (Lipinski definition) is 7. The zero-order valence-electron chi connectivity index (χ0n) is 47.0. The largest absolute Gasteiger partial charge is 0.496 e. The maximum atomic E-state index is 13.7. The summed E-state index contributed by atoms with van der Waals surface area (Å²) in [6.45, 7) is 10.7. The van der Waals surface area contributed by atoms with E-state index in [1.54, 1.807) is 50.1 Å². The van der Waals surface area contributed by atoms with Crippen molar-refractivity contribution in [2.24, 2.45) is 11.7 Å². The molecule has 0 saturated carbocycles. The van der Waals surface area contributed by atoms with Gasteiger partial charge in [-0.1, -0.05) is 51.5 Å². The second kappa shape index (κ2) is 32.3. The van der Waals surface area contributed by atoms with Crippen molar-refractivity contribution in [1.82, 2.24) is 50.2 Å². The van der Waals surface area contributed by atoms with E-state index in [4.69, 9.17) is 39.9 Å². The number of anilines is 2. The molecular weight excluding hydrogens is 1070 g/mol. The number of nitrogens with one attached hydrogen (secondary N) is 4. The molecule has 0 bridgehead atoms. The number of piperazine rings is 1. The summed E-state index contributed by atoms with van der Waals surface area (Å²) in [6, 6.07) is 9.76. The molecule has 82 heavy (non-hydrogen) atoms. The molecule has 27 nitrogen and oxygen atoms in total. The SMILES string of the molecule is CCCCOc1nc(N)c2nc(O)n(Cc3ccc(CCN4CCN(C(=O)OCc5ccc(NC(=O)[C@H](CCCNC(N)=O)NC(=O)[C@@H](NC(=O)CCOCCOCCOCCN6C(=O)C=CC6=O)C(C)C)cc5)CC4)cc3OC)c2n1. The lowest BCUT2D eigenvalue weighted by Gasteiger charge is -2.34. The Morgan fingerprint density at radius 1 is 0.793 bits per heavy atom. The number of benzene rings is 2. The molecule has 0 radical (unpaired) electrons. The molecule has 2 aromatic carbocycles. The van der Waals surface area contributed by atoms with Gasteiger partial charge in [0.2, 0.25) is 17.7 Å². The van der Waals surface area contributed by atoms with Crippen molar-refractivity contribution >= 4 is 64.3 Å². The summed E-state index contributed by atoms with van der Waals surface area (Å²) in [7, 11) is 1.59. The minimum absolute atomic E-state index is 0.00159. The van der Waals surface area contributed by atoms with Crippen LogP contribution < -0.4 is 42.2 Å². The van der Waals surface area contributed by atoms with Crippen LogP contribution >= 0.6 is 0 Å². The van der Waals surface area contributed by atoms with Gasteiger partial charge in [-0.2, -0.15) is 15.0 Å². The van der Waals surface area contributed by atoms with Gasteiger partial charge in [-0.3, -0.25) is 38.3 Å². The molecular formula is C55H77N13O14. The fourth-order valence-electron chi connectivity index (χ4n) is 8.69. The molecule has 27 heteroatoms. The molecule has 6 rings (SSSR count). The van der Waals surface area contributed by atoms with E-state index >= 15 is 0 Å². The first kappa shape index (κ1) is 63.0. The fraction of sp³-hybridized carbons (Fsp3) is 0.527. The molecule has 446 valence electrons. The van der Waals surface area contributed by atoms with Gasteiger partial charge in [-0.25, -0.2) is 9.59 Å². The summed E-state index contributed by atoms with van der Waals surface area (Å²) in [6.07, 6.45) is 4.88. The number of hydrogen-bond acceptors (Lipinski definition) is 19. The van der Waals surface area contributed by atoms with Crippen LogP contribution in [0.25, 0.3) is 11.2 Å². The second-order valence-electron chi connectivity index (χ2n) is 19.8. The third kappa shape index (κ3) is 19.5. The average molecular weight is 1140 g/mol. The highest BCUT2D eigenvalue weighted by atomic mass is 16.6. The number of imide groups is 1. The number of urea groups is 1. The van der Waals surface area contributed by atoms with Gasteiger partial charge in [0.1, 0.15) is 24.4 Å². The highest BCUT2D eigenvalue weighted by Crippen LogP contribution is 2.29. The Morgan fingerprint density at radius 2 is 1.48 bits per heavy atom. The van der Waals surface area contributed by atoms with Crippen molar-refractivity contribution in [2.75, 3.05) is 110 Å². The maximum absolute atomic E-state index is 13.7. The van der Waals surface area contributed by atoms with Crippen molar-refractivity contribution < 1.29 is 67.1 Å². The molecule has 8 amide bonds. The van der Waals surface area contributed by atoms with Crippen molar-refractivity contribution in [2.45, 2.75) is 84.5 Å². The maximum Gasteiger partial charge on any atom is 0.410 e. The number of fused-ring (bicyclic) bond motifs is 1. The summed E-state index contributed by atoms with van der Waals surface area (Å²) in [5.74, 6) is -1.89. The number of primary amides is 1. The van der Waals surface area contributed by atoms with Crippen molar-refractivity contribution in [3.63, 3.8) is 0 Å². The van der Waals surface area contributed by atoms with Gasteiger partial charge in [0, 0.05) is 69.1 Å². The Kier molecular flexibility index (Phi) is 24.9. The van der Waals surface area contributed by atoms with E-state index in [2.05, 4.69) is 48.0 Å². The number of unbranched alkanes of at least 4 members (excludes halogenated alkanes) is 1. The smallest absolute Gasteiger partial charge is 0.410 e. The predicted octanol–water partition coefficient (Wildman–Crippen LogP) is 2.22. The van der Waals surface area contributed by atoms with E-state index in [1.165, 1.54) is 16.7 Å². The molecule has 2 aliphatic rings. The van der Waals surface area contributed by atoms with E-state index in [1.807, 2.05) is 18.2 Å². The van der Waals surface area contributed by atoms with Crippen LogP contribution in [-0.2, 0) is 62.5 Å². The van der Waals surface area contributed by atoms with Crippen LogP contribution in [0.1, 0.15) is 69.6 Å². The summed E-state index contributed by atoms with van der Waals surface area (Å²) >= 11 is 0. The molecule has 2 aliphatic heterocycles. The normalized spacial score (nSPS) is 14.3. The first-order chi connectivity index (χ1) is 39.5. The quantitative estimate of drug-likeness (QED) is 0.0260. The first-order valence-corrected chi connectivity index (χ1v) is 27.5. The summed E-state index contributed by atoms with van der Waals surface area (Å²) in [5.41, 5.74) is 14.9. The number of ether oxygens (including phenoxy) is 6. The third-order valence-corrected chi connectivity index (χ3v) is 13.4. The molecule has 4 aromatic rings. The number of nitrogens with zero attached hydrogens (tertiary/aromatic N) is 7. The van der Waals surface area contributed by atoms with Gasteiger partial charge in [-0.05, 0) is 60.9 Å². The van der Waals surface area contributed by atoms with Crippen LogP contribution in [0.2, 0.25) is 0 Å². The Bertz CT molecular complexity index is 2800. The van der Waals surface area contributed by atoms with E-state index in [-0.39, 0.29) is 120 Å². The fourth-order valence-corrected chi connectivity index (χ4v) is 8.69. The summed E-state index contributed by atoms with van der Waals surface area (Å²) in [5, 5.41) is 21.6. The van der Waals surface area contributed by atoms with Crippen LogP contribution in [0, 0.1) is 5.92 Å². The van der Waals surface area contributed by atoms with Crippen molar-refractivity contribution in [1.29, 1.82) is 0 Å². The van der Waals surface area contributed by atoms with Crippen LogP contribution in [-0.4, -0.2) is 192 Å². The Balaban J connectivity index is 0.892. The number of imidazole rings is 1. The predicted molar refractivity (Wildman–Crippen MR) is 299 cm³/mol. The number of aromatic nitrogens is 4. The van der Waals surface area contributed by atoms with Crippen molar-refractivity contribution in [3.05, 3.63) is 71.3 Å². The minimum Gasteiger partial charge on any atom is -0.496 e. The van der Waals surface area contributed by atoms with Crippen LogP contribution in [0.4, 0.5) is 21.1 Å². The minimum atomic E-state index is -1.05. The second-order valence-corrected chi connectivity index (χ2v) is 19.8. The number of carbonyl (C=O) groups excluding carboxylic acids is 7. The Morgan fingerprint density at radius 3 is 2.15 bits per heavy atom. The third-order valence-electron chi connectivity index (χ3n) is 13.4. The van der Waals surface area contributed by atoms with Gasteiger partial charge in [-0.15, -0.1) is 0 Å². The van der Waals surface area contributed by atoms with Gasteiger partial charge >= 0.3 is 18.1 Å². The number of nitrogen functional groups attached to an aromatic ring is 1. The molecule has 0 aliphatic carbocycles. The number of rotatable bonds is 34. The van der Waals surface area contributed by atoms with Crippen LogP contribution in [0.5, 0.6) is 17.8 Å². The molecule has 9 N–H and O–H groups in total. The highest BCUT2D eigenvalue weighted by molar-refractivity contribution is 6.12. The first-order valence-electron chi connectivity index (χ1n) is 27.5. The van der Waals surface area contributed by atoms with E-state index < -0.39 is 41.9 Å². The summed E-state index contributed by atoms with van der Waals surface area (Å²) in [4.78, 5) is 106. The molecule has 4 heterocycles. The number of amides is 8. The van der Waals surface area contributed by atoms with Crippen LogP contribution in [0.3, 0.4) is 0 Å². The van der Waals surface area contributed by atoms with E-state index in [9.17, 15) is 38.7 Å².